The number of carboxylic acids is 1. The molecule has 1 rings (SSSR count). The predicted octanol–water partition coefficient (Wildman–Crippen LogP) is 2.23. The van der Waals surface area contributed by atoms with Gasteiger partial charge in [0.05, 0.1) is 5.56 Å². The summed E-state index contributed by atoms with van der Waals surface area (Å²) in [5.74, 6) is -0.610. The van der Waals surface area contributed by atoms with E-state index in [1.54, 1.807) is 18.2 Å². The number of carbonyl (C=O) groups is 2. The first-order valence-corrected chi connectivity index (χ1v) is 6.26. The third-order valence-electron chi connectivity index (χ3n) is 2.99. The molecule has 0 bridgehead atoms. The van der Waals surface area contributed by atoms with E-state index in [-0.39, 0.29) is 17.6 Å². The van der Waals surface area contributed by atoms with Crippen LogP contribution >= 0.6 is 0 Å². The van der Waals surface area contributed by atoms with Crippen LogP contribution in [-0.2, 0) is 6.54 Å². The van der Waals surface area contributed by atoms with Crippen LogP contribution in [0.5, 0.6) is 0 Å². The van der Waals surface area contributed by atoms with Gasteiger partial charge in [-0.15, -0.1) is 0 Å². The molecule has 0 heterocycles. The fourth-order valence-electron chi connectivity index (χ4n) is 1.42. The highest BCUT2D eigenvalue weighted by atomic mass is 16.4. The molecule has 1 aromatic carbocycles. The van der Waals surface area contributed by atoms with Crippen LogP contribution in [0, 0.1) is 5.92 Å². The molecule has 5 nitrogen and oxygen atoms in total. The van der Waals surface area contributed by atoms with Crippen LogP contribution in [-0.4, -0.2) is 23.1 Å². The van der Waals surface area contributed by atoms with Gasteiger partial charge in [0, 0.05) is 12.6 Å². The van der Waals surface area contributed by atoms with E-state index in [2.05, 4.69) is 10.6 Å². The minimum Gasteiger partial charge on any atom is -0.478 e. The van der Waals surface area contributed by atoms with Crippen LogP contribution < -0.4 is 10.6 Å². The molecule has 0 fully saturated rings. The molecule has 1 atom stereocenters. The molecule has 104 valence electrons. The van der Waals surface area contributed by atoms with Gasteiger partial charge in [-0.3, -0.25) is 0 Å². The van der Waals surface area contributed by atoms with Crippen molar-refractivity contribution in [1.29, 1.82) is 0 Å². The average Bonchev–Trinajstić information content (AvgIpc) is 2.36. The fourth-order valence-corrected chi connectivity index (χ4v) is 1.42. The summed E-state index contributed by atoms with van der Waals surface area (Å²) in [5.41, 5.74) is 0.975. The number of urea groups is 1. The SMILES string of the molecule is CC(C)C(C)NC(=O)NCc1cccc(C(=O)O)c1. The highest BCUT2D eigenvalue weighted by molar-refractivity contribution is 5.87. The number of aromatic carboxylic acids is 1. The molecule has 0 aliphatic carbocycles. The van der Waals surface area contributed by atoms with E-state index >= 15 is 0 Å². The van der Waals surface area contributed by atoms with Crippen molar-refractivity contribution in [2.45, 2.75) is 33.4 Å². The molecule has 1 aromatic rings. The van der Waals surface area contributed by atoms with Gasteiger partial charge >= 0.3 is 12.0 Å². The summed E-state index contributed by atoms with van der Waals surface area (Å²) >= 11 is 0. The lowest BCUT2D eigenvalue weighted by Crippen LogP contribution is -2.42. The van der Waals surface area contributed by atoms with Gasteiger partial charge in [-0.25, -0.2) is 9.59 Å². The summed E-state index contributed by atoms with van der Waals surface area (Å²) in [6.07, 6.45) is 0. The second-order valence-corrected chi connectivity index (χ2v) is 4.87. The molecule has 19 heavy (non-hydrogen) atoms. The average molecular weight is 264 g/mol. The topological polar surface area (TPSA) is 78.4 Å². The summed E-state index contributed by atoms with van der Waals surface area (Å²) in [7, 11) is 0. The molecule has 2 amide bonds. The molecule has 1 unspecified atom stereocenters. The van der Waals surface area contributed by atoms with Gasteiger partial charge in [-0.2, -0.15) is 0 Å². The van der Waals surface area contributed by atoms with E-state index in [1.807, 2.05) is 20.8 Å². The molecular formula is C14H20N2O3. The Kier molecular flexibility index (Phi) is 5.36. The maximum absolute atomic E-state index is 11.6. The first-order valence-electron chi connectivity index (χ1n) is 6.26. The molecule has 0 saturated carbocycles. The van der Waals surface area contributed by atoms with Gasteiger partial charge in [-0.05, 0) is 30.5 Å². The largest absolute Gasteiger partial charge is 0.478 e. The third kappa shape index (κ3) is 4.99. The van der Waals surface area contributed by atoms with Crippen molar-refractivity contribution in [1.82, 2.24) is 10.6 Å². The number of carbonyl (C=O) groups excluding carboxylic acids is 1. The Bertz CT molecular complexity index is 458. The lowest BCUT2D eigenvalue weighted by atomic mass is 10.1. The molecule has 3 N–H and O–H groups in total. The number of hydrogen-bond donors (Lipinski definition) is 3. The number of nitrogens with one attached hydrogen (secondary N) is 2. The lowest BCUT2D eigenvalue weighted by molar-refractivity contribution is 0.0696. The highest BCUT2D eigenvalue weighted by Gasteiger charge is 2.10. The number of carboxylic acid groups (broad SMARTS) is 1. The number of benzene rings is 1. The van der Waals surface area contributed by atoms with Gasteiger partial charge in [0.25, 0.3) is 0 Å². The Morgan fingerprint density at radius 1 is 1.26 bits per heavy atom. The van der Waals surface area contributed by atoms with Crippen LogP contribution in [0.1, 0.15) is 36.7 Å². The van der Waals surface area contributed by atoms with Crippen molar-refractivity contribution < 1.29 is 14.7 Å². The third-order valence-corrected chi connectivity index (χ3v) is 2.99. The number of amides is 2. The van der Waals surface area contributed by atoms with Gasteiger partial charge in [0.15, 0.2) is 0 Å². The van der Waals surface area contributed by atoms with Crippen LogP contribution in [0.2, 0.25) is 0 Å². The van der Waals surface area contributed by atoms with Crippen LogP contribution in [0.4, 0.5) is 4.79 Å². The minimum absolute atomic E-state index is 0.0883. The Hall–Kier alpha value is -2.04. The Morgan fingerprint density at radius 3 is 2.53 bits per heavy atom. The summed E-state index contributed by atoms with van der Waals surface area (Å²) in [6, 6.07) is 6.35. The van der Waals surface area contributed by atoms with Crippen molar-refractivity contribution in [3.8, 4) is 0 Å². The maximum atomic E-state index is 11.6. The highest BCUT2D eigenvalue weighted by Crippen LogP contribution is 2.05. The predicted molar refractivity (Wildman–Crippen MR) is 73.1 cm³/mol. The zero-order chi connectivity index (χ0) is 14.4. The zero-order valence-electron chi connectivity index (χ0n) is 11.4. The van der Waals surface area contributed by atoms with Gasteiger partial charge < -0.3 is 15.7 Å². The minimum atomic E-state index is -0.972. The molecule has 0 spiro atoms. The molecule has 0 aliphatic heterocycles. The first-order chi connectivity index (χ1) is 8.90. The van der Waals surface area contributed by atoms with Crippen LogP contribution in [0.3, 0.4) is 0 Å². The van der Waals surface area contributed by atoms with Gasteiger partial charge in [-0.1, -0.05) is 26.0 Å². The van der Waals surface area contributed by atoms with Gasteiger partial charge in [0.2, 0.25) is 0 Å². The summed E-state index contributed by atoms with van der Waals surface area (Å²) < 4.78 is 0. The zero-order valence-corrected chi connectivity index (χ0v) is 11.4. The van der Waals surface area contributed by atoms with E-state index in [1.165, 1.54) is 6.07 Å². The quantitative estimate of drug-likeness (QED) is 0.763. The van der Waals surface area contributed by atoms with E-state index in [4.69, 9.17) is 5.11 Å². The standard InChI is InChI=1S/C14H20N2O3/c1-9(2)10(3)16-14(19)15-8-11-5-4-6-12(7-11)13(17)18/h4-7,9-10H,8H2,1-3H3,(H,17,18)(H2,15,16,19). The van der Waals surface area contributed by atoms with E-state index in [9.17, 15) is 9.59 Å². The molecule has 0 aliphatic rings. The smallest absolute Gasteiger partial charge is 0.335 e. The second kappa shape index (κ2) is 6.78. The molecule has 0 saturated heterocycles. The molecule has 0 aromatic heterocycles. The summed E-state index contributed by atoms with van der Waals surface area (Å²) in [6.45, 7) is 6.30. The fraction of sp³-hybridized carbons (Fsp3) is 0.429. The van der Waals surface area contributed by atoms with Crippen LogP contribution in [0.15, 0.2) is 24.3 Å². The molecule has 0 radical (unpaired) electrons. The van der Waals surface area contributed by atoms with Crippen molar-refractivity contribution in [3.63, 3.8) is 0 Å². The summed E-state index contributed by atoms with van der Waals surface area (Å²) in [4.78, 5) is 22.4. The molecule has 5 heteroatoms. The van der Waals surface area contributed by atoms with Crippen molar-refractivity contribution in [2.24, 2.45) is 5.92 Å². The van der Waals surface area contributed by atoms with Gasteiger partial charge in [0.1, 0.15) is 0 Å². The monoisotopic (exact) mass is 264 g/mol. The van der Waals surface area contributed by atoms with Crippen LogP contribution in [0.25, 0.3) is 0 Å². The van der Waals surface area contributed by atoms with Crippen molar-refractivity contribution >= 4 is 12.0 Å². The summed E-state index contributed by atoms with van der Waals surface area (Å²) in [5, 5.41) is 14.4. The lowest BCUT2D eigenvalue weighted by Gasteiger charge is -2.17. The maximum Gasteiger partial charge on any atom is 0.335 e. The molecular weight excluding hydrogens is 244 g/mol. The van der Waals surface area contributed by atoms with Crippen molar-refractivity contribution in [2.75, 3.05) is 0 Å². The Morgan fingerprint density at radius 2 is 1.95 bits per heavy atom. The number of rotatable bonds is 5. The normalized spacial score (nSPS) is 12.0. The second-order valence-electron chi connectivity index (χ2n) is 4.87. The number of hydrogen-bond acceptors (Lipinski definition) is 2. The van der Waals surface area contributed by atoms with Crippen molar-refractivity contribution in [3.05, 3.63) is 35.4 Å². The van der Waals surface area contributed by atoms with E-state index in [0.29, 0.717) is 12.5 Å². The Labute approximate surface area is 113 Å². The Balaban J connectivity index is 2.50. The van der Waals surface area contributed by atoms with E-state index < -0.39 is 5.97 Å². The first kappa shape index (κ1) is 15.0. The van der Waals surface area contributed by atoms with E-state index in [0.717, 1.165) is 5.56 Å².